The molecule has 0 aromatic heterocycles. The van der Waals surface area contributed by atoms with Crippen LogP contribution in [0.2, 0.25) is 0 Å². The van der Waals surface area contributed by atoms with Gasteiger partial charge in [0.1, 0.15) is 13.2 Å². The Morgan fingerprint density at radius 3 is 2.68 bits per heavy atom. The Morgan fingerprint density at radius 2 is 2.00 bits per heavy atom. The molecule has 1 aromatic carbocycles. The van der Waals surface area contributed by atoms with Crippen molar-refractivity contribution in [2.75, 3.05) is 26.4 Å². The number of hydrogen-bond donors (Lipinski definition) is 3. The molecule has 0 saturated heterocycles. The maximum absolute atomic E-state index is 10.1. The van der Waals surface area contributed by atoms with E-state index in [2.05, 4.69) is 5.32 Å². The Kier molecular flexibility index (Phi) is 5.01. The Hall–Kier alpha value is -1.30. The summed E-state index contributed by atoms with van der Waals surface area (Å²) in [7, 11) is 0. The molecule has 0 amide bonds. The van der Waals surface area contributed by atoms with Gasteiger partial charge in [-0.05, 0) is 24.1 Å². The van der Waals surface area contributed by atoms with Gasteiger partial charge in [0.05, 0.1) is 12.7 Å². The van der Waals surface area contributed by atoms with Gasteiger partial charge in [0.15, 0.2) is 11.5 Å². The lowest BCUT2D eigenvalue weighted by molar-refractivity contribution is 0.153. The van der Waals surface area contributed by atoms with Gasteiger partial charge in [-0.3, -0.25) is 0 Å². The van der Waals surface area contributed by atoms with Gasteiger partial charge in [0.2, 0.25) is 0 Å². The molecule has 1 aliphatic rings. The summed E-state index contributed by atoms with van der Waals surface area (Å²) in [5.74, 6) is 1.40. The number of rotatable bonds is 6. The molecule has 2 rings (SSSR count). The van der Waals surface area contributed by atoms with E-state index in [4.69, 9.17) is 14.6 Å². The predicted octanol–water partition coefficient (Wildman–Crippen LogP) is 0.852. The third-order valence-corrected chi connectivity index (χ3v) is 3.26. The van der Waals surface area contributed by atoms with Crippen molar-refractivity contribution in [3.05, 3.63) is 23.8 Å². The fourth-order valence-corrected chi connectivity index (χ4v) is 2.00. The molecular formula is C14H21NO4. The van der Waals surface area contributed by atoms with Crippen molar-refractivity contribution in [1.29, 1.82) is 0 Å². The van der Waals surface area contributed by atoms with Crippen LogP contribution >= 0.6 is 0 Å². The van der Waals surface area contributed by atoms with Gasteiger partial charge in [-0.25, -0.2) is 0 Å². The highest BCUT2D eigenvalue weighted by Gasteiger charge is 2.16. The van der Waals surface area contributed by atoms with E-state index in [0.717, 1.165) is 17.7 Å². The monoisotopic (exact) mass is 267 g/mol. The number of aliphatic hydroxyl groups excluding tert-OH is 2. The first-order chi connectivity index (χ1) is 9.24. The zero-order chi connectivity index (χ0) is 13.7. The minimum Gasteiger partial charge on any atom is -0.486 e. The molecule has 0 bridgehead atoms. The summed E-state index contributed by atoms with van der Waals surface area (Å²) in [6, 6.07) is 5.48. The minimum atomic E-state index is -0.628. The molecule has 0 spiro atoms. The minimum absolute atomic E-state index is 0.0202. The van der Waals surface area contributed by atoms with Crippen molar-refractivity contribution in [1.82, 2.24) is 5.32 Å². The maximum atomic E-state index is 10.1. The average molecular weight is 267 g/mol. The Labute approximate surface area is 113 Å². The van der Waals surface area contributed by atoms with Crippen LogP contribution in [0.15, 0.2) is 18.2 Å². The van der Waals surface area contributed by atoms with E-state index in [1.54, 1.807) is 6.07 Å². The quantitative estimate of drug-likeness (QED) is 0.713. The molecule has 0 radical (unpaired) electrons. The number of aliphatic hydroxyl groups is 2. The summed E-state index contributed by atoms with van der Waals surface area (Å²) in [5.41, 5.74) is 0.782. The molecule has 0 saturated carbocycles. The fourth-order valence-electron chi connectivity index (χ4n) is 2.00. The van der Waals surface area contributed by atoms with Crippen molar-refractivity contribution in [3.8, 4) is 11.5 Å². The summed E-state index contributed by atoms with van der Waals surface area (Å²) in [6.07, 6.45) is 0.195. The Morgan fingerprint density at radius 1 is 1.26 bits per heavy atom. The Balaban J connectivity index is 1.97. The first-order valence-electron chi connectivity index (χ1n) is 6.66. The molecule has 19 heavy (non-hydrogen) atoms. The number of ether oxygens (including phenoxy) is 2. The smallest absolute Gasteiger partial charge is 0.161 e. The van der Waals surface area contributed by atoms with Crippen molar-refractivity contribution < 1.29 is 19.7 Å². The van der Waals surface area contributed by atoms with E-state index in [1.807, 2.05) is 19.1 Å². The topological polar surface area (TPSA) is 71.0 Å². The first-order valence-corrected chi connectivity index (χ1v) is 6.66. The number of benzene rings is 1. The van der Waals surface area contributed by atoms with Crippen LogP contribution in [0.3, 0.4) is 0 Å². The molecule has 5 nitrogen and oxygen atoms in total. The number of fused-ring (bicyclic) bond motifs is 1. The van der Waals surface area contributed by atoms with Gasteiger partial charge in [0.25, 0.3) is 0 Å². The van der Waals surface area contributed by atoms with E-state index in [0.29, 0.717) is 25.5 Å². The van der Waals surface area contributed by atoms with Crippen molar-refractivity contribution in [2.24, 2.45) is 0 Å². The lowest BCUT2D eigenvalue weighted by Crippen LogP contribution is -2.35. The summed E-state index contributed by atoms with van der Waals surface area (Å²) in [5, 5.41) is 22.3. The molecule has 0 aliphatic carbocycles. The zero-order valence-corrected chi connectivity index (χ0v) is 11.1. The first kappa shape index (κ1) is 14.1. The van der Waals surface area contributed by atoms with Crippen LogP contribution < -0.4 is 14.8 Å². The van der Waals surface area contributed by atoms with Crippen molar-refractivity contribution in [3.63, 3.8) is 0 Å². The lowest BCUT2D eigenvalue weighted by atomic mass is 10.1. The van der Waals surface area contributed by atoms with Crippen LogP contribution in [0, 0.1) is 0 Å². The van der Waals surface area contributed by atoms with Gasteiger partial charge in [0, 0.05) is 12.6 Å². The molecule has 1 heterocycles. The standard InChI is InChI=1S/C14H21NO4/c1-2-11(9-16)15-8-12(17)10-3-4-13-14(7-10)19-6-5-18-13/h3-4,7,11-12,15-17H,2,5-6,8-9H2,1H3. The second-order valence-corrected chi connectivity index (χ2v) is 4.61. The molecule has 5 heteroatoms. The third-order valence-electron chi connectivity index (χ3n) is 3.26. The molecule has 1 aliphatic heterocycles. The van der Waals surface area contributed by atoms with Crippen molar-refractivity contribution >= 4 is 0 Å². The van der Waals surface area contributed by atoms with Gasteiger partial charge < -0.3 is 25.0 Å². The number of hydrogen-bond acceptors (Lipinski definition) is 5. The molecule has 1 aromatic rings. The molecule has 0 fully saturated rings. The predicted molar refractivity (Wildman–Crippen MR) is 71.6 cm³/mol. The zero-order valence-electron chi connectivity index (χ0n) is 11.1. The summed E-state index contributed by atoms with van der Waals surface area (Å²) in [6.45, 7) is 3.56. The van der Waals surface area contributed by atoms with Gasteiger partial charge >= 0.3 is 0 Å². The summed E-state index contributed by atoms with van der Waals surface area (Å²) >= 11 is 0. The van der Waals surface area contributed by atoms with E-state index in [9.17, 15) is 5.11 Å². The van der Waals surface area contributed by atoms with Gasteiger partial charge in [-0.15, -0.1) is 0 Å². The molecule has 2 atom stereocenters. The van der Waals surface area contributed by atoms with Gasteiger partial charge in [-0.1, -0.05) is 13.0 Å². The van der Waals surface area contributed by atoms with Crippen LogP contribution in [-0.4, -0.2) is 42.6 Å². The molecular weight excluding hydrogens is 246 g/mol. The largest absolute Gasteiger partial charge is 0.486 e. The highest BCUT2D eigenvalue weighted by atomic mass is 16.6. The average Bonchev–Trinajstić information content (AvgIpc) is 2.47. The summed E-state index contributed by atoms with van der Waals surface area (Å²) < 4.78 is 10.9. The van der Waals surface area contributed by atoms with Crippen LogP contribution in [0.25, 0.3) is 0 Å². The second kappa shape index (κ2) is 6.75. The second-order valence-electron chi connectivity index (χ2n) is 4.61. The number of nitrogens with one attached hydrogen (secondary N) is 1. The van der Waals surface area contributed by atoms with E-state index < -0.39 is 6.10 Å². The highest BCUT2D eigenvalue weighted by molar-refractivity contribution is 5.44. The lowest BCUT2D eigenvalue weighted by Gasteiger charge is -2.21. The van der Waals surface area contributed by atoms with Gasteiger partial charge in [-0.2, -0.15) is 0 Å². The normalized spacial score (nSPS) is 17.0. The fraction of sp³-hybridized carbons (Fsp3) is 0.571. The van der Waals surface area contributed by atoms with E-state index in [-0.39, 0.29) is 12.6 Å². The summed E-state index contributed by atoms with van der Waals surface area (Å²) in [4.78, 5) is 0. The van der Waals surface area contributed by atoms with Crippen LogP contribution in [-0.2, 0) is 0 Å². The van der Waals surface area contributed by atoms with Crippen molar-refractivity contribution in [2.45, 2.75) is 25.5 Å². The van der Waals surface area contributed by atoms with Crippen LogP contribution in [0.1, 0.15) is 25.0 Å². The molecule has 2 unspecified atom stereocenters. The third kappa shape index (κ3) is 3.59. The highest BCUT2D eigenvalue weighted by Crippen LogP contribution is 2.32. The van der Waals surface area contributed by atoms with Crippen LogP contribution in [0.4, 0.5) is 0 Å². The molecule has 3 N–H and O–H groups in total. The van der Waals surface area contributed by atoms with E-state index >= 15 is 0 Å². The van der Waals surface area contributed by atoms with Crippen LogP contribution in [0.5, 0.6) is 11.5 Å². The molecule has 106 valence electrons. The van der Waals surface area contributed by atoms with E-state index in [1.165, 1.54) is 0 Å². The SMILES string of the molecule is CCC(CO)NCC(O)c1ccc2c(c1)OCCO2. The maximum Gasteiger partial charge on any atom is 0.161 e. The Bertz CT molecular complexity index is 406.